The van der Waals surface area contributed by atoms with Crippen LogP contribution in [-0.4, -0.2) is 38.3 Å². The molecule has 2 aromatic rings. The van der Waals surface area contributed by atoms with Crippen LogP contribution in [0.15, 0.2) is 59.3 Å². The van der Waals surface area contributed by atoms with E-state index in [1.807, 2.05) is 18.2 Å². The quantitative estimate of drug-likeness (QED) is 0.242. The van der Waals surface area contributed by atoms with Gasteiger partial charge >= 0.3 is 0 Å². The Bertz CT molecular complexity index is 910. The highest BCUT2D eigenvalue weighted by Gasteiger charge is 2.15. The van der Waals surface area contributed by atoms with Crippen LogP contribution in [-0.2, 0) is 24.2 Å². The molecule has 0 saturated heterocycles. The summed E-state index contributed by atoms with van der Waals surface area (Å²) in [6, 6.07) is 10.5. The third-order valence-electron chi connectivity index (χ3n) is 5.38. The number of carbonyl (C=O) groups is 1. The molecule has 0 bridgehead atoms. The highest BCUT2D eigenvalue weighted by molar-refractivity contribution is 7.99. The van der Waals surface area contributed by atoms with E-state index < -0.39 is 0 Å². The Morgan fingerprint density at radius 2 is 2.06 bits per heavy atom. The number of thioether (sulfide) groups is 1. The SMILES string of the molecule is CCCNC(=O)CCCCc1nnc(SCC2=CC=CC(Cl)C2)n1CCc1ccccc1. The number of aromatic nitrogens is 3. The molecular formula is C25H33ClN4OS. The lowest BCUT2D eigenvalue weighted by Gasteiger charge is -2.14. The smallest absolute Gasteiger partial charge is 0.219 e. The van der Waals surface area contributed by atoms with Gasteiger partial charge in [0.25, 0.3) is 0 Å². The van der Waals surface area contributed by atoms with Gasteiger partial charge in [0.15, 0.2) is 5.16 Å². The highest BCUT2D eigenvalue weighted by atomic mass is 35.5. The van der Waals surface area contributed by atoms with E-state index >= 15 is 0 Å². The van der Waals surface area contributed by atoms with Crippen LogP contribution in [0.2, 0.25) is 0 Å². The number of nitrogens with one attached hydrogen (secondary N) is 1. The standard InChI is InChI=1S/C25H33ClN4OS/c1-2-16-27-24(31)14-7-6-13-23-28-29-25(32-19-21-11-8-12-22(26)18-21)30(23)17-15-20-9-4-3-5-10-20/h3-5,8-12,22H,2,6-7,13-19H2,1H3,(H,27,31). The lowest BCUT2D eigenvalue weighted by atomic mass is 10.1. The number of rotatable bonds is 13. The molecule has 1 N–H and O–H groups in total. The van der Waals surface area contributed by atoms with Crippen molar-refractivity contribution in [1.82, 2.24) is 20.1 Å². The van der Waals surface area contributed by atoms with E-state index in [2.05, 4.69) is 57.3 Å². The molecule has 0 fully saturated rings. The predicted octanol–water partition coefficient (Wildman–Crippen LogP) is 5.35. The Morgan fingerprint density at radius 1 is 1.22 bits per heavy atom. The summed E-state index contributed by atoms with van der Waals surface area (Å²) in [6.45, 7) is 3.67. The average Bonchev–Trinajstić information content (AvgIpc) is 3.20. The molecule has 1 aromatic heterocycles. The van der Waals surface area contributed by atoms with Gasteiger partial charge in [-0.05, 0) is 37.7 Å². The van der Waals surface area contributed by atoms with Gasteiger partial charge in [-0.15, -0.1) is 21.8 Å². The summed E-state index contributed by atoms with van der Waals surface area (Å²) in [4.78, 5) is 11.8. The maximum Gasteiger partial charge on any atom is 0.219 e. The number of aryl methyl sites for hydroxylation is 2. The average molecular weight is 473 g/mol. The Labute approximate surface area is 200 Å². The van der Waals surface area contributed by atoms with E-state index in [0.717, 1.165) is 68.3 Å². The van der Waals surface area contributed by atoms with Crippen LogP contribution >= 0.6 is 23.4 Å². The monoisotopic (exact) mass is 472 g/mol. The number of carbonyl (C=O) groups excluding carboxylic acids is 1. The topological polar surface area (TPSA) is 59.8 Å². The molecule has 1 aliphatic rings. The largest absolute Gasteiger partial charge is 0.356 e. The molecule has 1 amide bonds. The first-order valence-corrected chi connectivity index (χ1v) is 12.9. The molecule has 1 atom stereocenters. The van der Waals surface area contributed by atoms with Crippen molar-refractivity contribution in [3.8, 4) is 0 Å². The van der Waals surface area contributed by atoms with Gasteiger partial charge in [-0.1, -0.05) is 72.8 Å². The van der Waals surface area contributed by atoms with Gasteiger partial charge < -0.3 is 9.88 Å². The summed E-state index contributed by atoms with van der Waals surface area (Å²) in [6.07, 6.45) is 12.2. The van der Waals surface area contributed by atoms with Crippen LogP contribution in [0.5, 0.6) is 0 Å². The van der Waals surface area contributed by atoms with Gasteiger partial charge in [-0.3, -0.25) is 4.79 Å². The zero-order chi connectivity index (χ0) is 22.6. The van der Waals surface area contributed by atoms with Crippen molar-refractivity contribution < 1.29 is 4.79 Å². The molecule has 1 aliphatic carbocycles. The second kappa shape index (κ2) is 13.5. The Hall–Kier alpha value is -2.05. The molecule has 172 valence electrons. The van der Waals surface area contributed by atoms with E-state index in [-0.39, 0.29) is 11.3 Å². The van der Waals surface area contributed by atoms with Crippen molar-refractivity contribution in [3.63, 3.8) is 0 Å². The van der Waals surface area contributed by atoms with Crippen molar-refractivity contribution in [2.24, 2.45) is 0 Å². The van der Waals surface area contributed by atoms with Gasteiger partial charge in [-0.25, -0.2) is 0 Å². The minimum Gasteiger partial charge on any atom is -0.356 e. The summed E-state index contributed by atoms with van der Waals surface area (Å²) in [7, 11) is 0. The van der Waals surface area contributed by atoms with Gasteiger partial charge in [0.05, 0.1) is 5.38 Å². The van der Waals surface area contributed by atoms with Gasteiger partial charge in [-0.2, -0.15) is 0 Å². The molecule has 1 aromatic carbocycles. The van der Waals surface area contributed by atoms with E-state index in [1.54, 1.807) is 11.8 Å². The van der Waals surface area contributed by atoms with E-state index in [0.29, 0.717) is 6.42 Å². The number of unbranched alkanes of at least 4 members (excludes halogenated alkanes) is 1. The molecule has 7 heteroatoms. The van der Waals surface area contributed by atoms with E-state index in [9.17, 15) is 4.79 Å². The number of alkyl halides is 1. The summed E-state index contributed by atoms with van der Waals surface area (Å²) in [5.41, 5.74) is 2.63. The van der Waals surface area contributed by atoms with Crippen LogP contribution in [0.1, 0.15) is 50.4 Å². The van der Waals surface area contributed by atoms with Crippen molar-refractivity contribution in [3.05, 3.63) is 65.5 Å². The maximum atomic E-state index is 11.8. The number of benzene rings is 1. The molecule has 3 rings (SSSR count). The van der Waals surface area contributed by atoms with E-state index in [1.165, 1.54) is 11.1 Å². The Balaban J connectivity index is 1.59. The number of hydrogen-bond donors (Lipinski definition) is 1. The minimum atomic E-state index is 0.0802. The van der Waals surface area contributed by atoms with Crippen molar-refractivity contribution >= 4 is 29.3 Å². The second-order valence-electron chi connectivity index (χ2n) is 8.06. The molecule has 0 radical (unpaired) electrons. The first-order valence-electron chi connectivity index (χ1n) is 11.5. The number of halogens is 1. The van der Waals surface area contributed by atoms with Crippen molar-refractivity contribution in [2.75, 3.05) is 12.3 Å². The number of amides is 1. The van der Waals surface area contributed by atoms with Crippen molar-refractivity contribution in [2.45, 2.75) is 68.9 Å². The van der Waals surface area contributed by atoms with Crippen LogP contribution in [0.4, 0.5) is 0 Å². The Morgan fingerprint density at radius 3 is 2.84 bits per heavy atom. The fourth-order valence-electron chi connectivity index (χ4n) is 3.61. The molecule has 0 spiro atoms. The molecule has 32 heavy (non-hydrogen) atoms. The predicted molar refractivity (Wildman–Crippen MR) is 133 cm³/mol. The van der Waals surface area contributed by atoms with Crippen LogP contribution in [0.25, 0.3) is 0 Å². The molecule has 5 nitrogen and oxygen atoms in total. The number of hydrogen-bond acceptors (Lipinski definition) is 4. The molecule has 0 saturated carbocycles. The molecular weight excluding hydrogens is 440 g/mol. The summed E-state index contributed by atoms with van der Waals surface area (Å²) < 4.78 is 2.26. The van der Waals surface area contributed by atoms with Gasteiger partial charge in [0.1, 0.15) is 5.82 Å². The summed E-state index contributed by atoms with van der Waals surface area (Å²) in [5.74, 6) is 2.01. The Kier molecular flexibility index (Phi) is 10.4. The van der Waals surface area contributed by atoms with E-state index in [4.69, 9.17) is 11.6 Å². The fraction of sp³-hybridized carbons (Fsp3) is 0.480. The second-order valence-corrected chi connectivity index (χ2v) is 9.56. The fourth-order valence-corrected chi connectivity index (χ4v) is 4.87. The zero-order valence-corrected chi connectivity index (χ0v) is 20.4. The number of nitrogens with zero attached hydrogens (tertiary/aromatic N) is 3. The lowest BCUT2D eigenvalue weighted by molar-refractivity contribution is -0.121. The minimum absolute atomic E-state index is 0.0802. The van der Waals surface area contributed by atoms with Crippen LogP contribution in [0.3, 0.4) is 0 Å². The molecule has 0 aliphatic heterocycles. The van der Waals surface area contributed by atoms with Crippen LogP contribution < -0.4 is 5.32 Å². The third-order valence-corrected chi connectivity index (χ3v) is 6.76. The first-order chi connectivity index (χ1) is 15.7. The maximum absolute atomic E-state index is 11.8. The van der Waals surface area contributed by atoms with Gasteiger partial charge in [0, 0.05) is 31.7 Å². The van der Waals surface area contributed by atoms with Crippen LogP contribution in [0, 0.1) is 0 Å². The summed E-state index contributed by atoms with van der Waals surface area (Å²) in [5, 5.41) is 13.0. The lowest BCUT2D eigenvalue weighted by Crippen LogP contribution is -2.23. The normalized spacial score (nSPS) is 15.6. The molecule has 1 heterocycles. The first kappa shape index (κ1) is 24.6. The summed E-state index contributed by atoms with van der Waals surface area (Å²) >= 11 is 8.00. The third kappa shape index (κ3) is 8.14. The number of allylic oxidation sites excluding steroid dienone is 3. The highest BCUT2D eigenvalue weighted by Crippen LogP contribution is 2.26. The van der Waals surface area contributed by atoms with Gasteiger partial charge in [0.2, 0.25) is 5.91 Å². The zero-order valence-electron chi connectivity index (χ0n) is 18.8. The molecule has 1 unspecified atom stereocenters. The van der Waals surface area contributed by atoms with Crippen molar-refractivity contribution in [1.29, 1.82) is 0 Å².